The maximum Gasteiger partial charge on any atom is 0.407 e. The highest BCUT2D eigenvalue weighted by Crippen LogP contribution is 2.13. The van der Waals surface area contributed by atoms with Crippen molar-refractivity contribution in [3.8, 4) is 0 Å². The molecule has 1 N–H and O–H groups in total. The lowest BCUT2D eigenvalue weighted by Crippen LogP contribution is -2.36. The highest BCUT2D eigenvalue weighted by atomic mass is 16.6. The predicted molar refractivity (Wildman–Crippen MR) is 59.0 cm³/mol. The summed E-state index contributed by atoms with van der Waals surface area (Å²) < 4.78 is 10.1. The summed E-state index contributed by atoms with van der Waals surface area (Å²) in [4.78, 5) is 11.4. The molecule has 4 nitrogen and oxygen atoms in total. The van der Waals surface area contributed by atoms with E-state index in [2.05, 4.69) is 5.32 Å². The standard InChI is InChI=1S/C12H15NO3/c1-9(11-8-15-11)13-12(14)16-7-10-5-3-2-4-6-10/h2-6,9,11H,7-8H2,1H3,(H,13,14). The molecule has 0 spiro atoms. The van der Waals surface area contributed by atoms with Crippen molar-refractivity contribution in [1.29, 1.82) is 0 Å². The summed E-state index contributed by atoms with van der Waals surface area (Å²) in [5, 5.41) is 2.73. The number of carbonyl (C=O) groups is 1. The van der Waals surface area contributed by atoms with E-state index in [0.29, 0.717) is 6.61 Å². The highest BCUT2D eigenvalue weighted by molar-refractivity contribution is 5.67. The van der Waals surface area contributed by atoms with Gasteiger partial charge in [-0.1, -0.05) is 30.3 Å². The van der Waals surface area contributed by atoms with E-state index in [-0.39, 0.29) is 12.1 Å². The molecule has 0 bridgehead atoms. The number of nitrogens with one attached hydrogen (secondary N) is 1. The summed E-state index contributed by atoms with van der Waals surface area (Å²) in [6.07, 6.45) is -0.240. The lowest BCUT2D eigenvalue weighted by molar-refractivity contribution is 0.134. The third-order valence-corrected chi connectivity index (χ3v) is 2.48. The van der Waals surface area contributed by atoms with Gasteiger partial charge >= 0.3 is 6.09 Å². The molecule has 1 aliphatic heterocycles. The van der Waals surface area contributed by atoms with E-state index in [1.165, 1.54) is 0 Å². The molecule has 1 heterocycles. The maximum absolute atomic E-state index is 11.4. The molecule has 1 saturated heterocycles. The van der Waals surface area contributed by atoms with Gasteiger partial charge in [0.25, 0.3) is 0 Å². The molecule has 2 rings (SSSR count). The first-order chi connectivity index (χ1) is 7.75. The number of epoxide rings is 1. The van der Waals surface area contributed by atoms with Crippen LogP contribution in [-0.4, -0.2) is 24.8 Å². The third kappa shape index (κ3) is 3.24. The molecule has 0 aromatic heterocycles. The molecule has 4 heteroatoms. The van der Waals surface area contributed by atoms with Crippen LogP contribution in [0.5, 0.6) is 0 Å². The van der Waals surface area contributed by atoms with Crippen LogP contribution in [0, 0.1) is 0 Å². The predicted octanol–water partition coefficient (Wildman–Crippen LogP) is 1.70. The number of benzene rings is 1. The minimum atomic E-state index is -0.396. The van der Waals surface area contributed by atoms with Gasteiger partial charge in [-0.3, -0.25) is 0 Å². The molecule has 16 heavy (non-hydrogen) atoms. The van der Waals surface area contributed by atoms with Crippen LogP contribution in [0.25, 0.3) is 0 Å². The van der Waals surface area contributed by atoms with Crippen LogP contribution in [0.4, 0.5) is 4.79 Å². The Kier molecular flexibility index (Phi) is 3.41. The second kappa shape index (κ2) is 4.99. The van der Waals surface area contributed by atoms with Crippen LogP contribution in [0.2, 0.25) is 0 Å². The first-order valence-electron chi connectivity index (χ1n) is 5.34. The van der Waals surface area contributed by atoms with Crippen LogP contribution in [0.15, 0.2) is 30.3 Å². The lowest BCUT2D eigenvalue weighted by Gasteiger charge is -2.11. The number of ether oxygens (including phenoxy) is 2. The molecule has 1 aliphatic rings. The van der Waals surface area contributed by atoms with E-state index in [1.54, 1.807) is 0 Å². The first-order valence-corrected chi connectivity index (χ1v) is 5.34. The zero-order valence-corrected chi connectivity index (χ0v) is 9.18. The second-order valence-corrected chi connectivity index (χ2v) is 3.87. The Labute approximate surface area is 94.6 Å². The van der Waals surface area contributed by atoms with Gasteiger partial charge in [0.05, 0.1) is 12.6 Å². The first kappa shape index (κ1) is 11.0. The summed E-state index contributed by atoms with van der Waals surface area (Å²) in [5.41, 5.74) is 0.980. The quantitative estimate of drug-likeness (QED) is 0.787. The lowest BCUT2D eigenvalue weighted by atomic mass is 10.2. The Morgan fingerprint density at radius 2 is 2.25 bits per heavy atom. The van der Waals surface area contributed by atoms with E-state index in [1.807, 2.05) is 37.3 Å². The van der Waals surface area contributed by atoms with E-state index in [0.717, 1.165) is 12.2 Å². The monoisotopic (exact) mass is 221 g/mol. The van der Waals surface area contributed by atoms with Gasteiger partial charge in [-0.15, -0.1) is 0 Å². The molecule has 1 amide bonds. The average Bonchev–Trinajstić information content (AvgIpc) is 3.11. The minimum Gasteiger partial charge on any atom is -0.445 e. The van der Waals surface area contributed by atoms with Crippen molar-refractivity contribution in [3.63, 3.8) is 0 Å². The third-order valence-electron chi connectivity index (χ3n) is 2.48. The number of carbonyl (C=O) groups excluding carboxylic acids is 1. The SMILES string of the molecule is CC(NC(=O)OCc1ccccc1)C1CO1. The van der Waals surface area contributed by atoms with Gasteiger partial charge < -0.3 is 14.8 Å². The fourth-order valence-corrected chi connectivity index (χ4v) is 1.39. The van der Waals surface area contributed by atoms with E-state index >= 15 is 0 Å². The van der Waals surface area contributed by atoms with Gasteiger partial charge in [0.1, 0.15) is 12.7 Å². The van der Waals surface area contributed by atoms with Crippen LogP contribution in [0.3, 0.4) is 0 Å². The van der Waals surface area contributed by atoms with Gasteiger partial charge in [-0.25, -0.2) is 4.79 Å². The molecule has 0 aliphatic carbocycles. The Morgan fingerprint density at radius 1 is 1.56 bits per heavy atom. The number of alkyl carbamates (subject to hydrolysis) is 1. The fourth-order valence-electron chi connectivity index (χ4n) is 1.39. The van der Waals surface area contributed by atoms with Gasteiger partial charge in [-0.05, 0) is 12.5 Å². The average molecular weight is 221 g/mol. The smallest absolute Gasteiger partial charge is 0.407 e. The Morgan fingerprint density at radius 3 is 2.88 bits per heavy atom. The zero-order valence-electron chi connectivity index (χ0n) is 9.18. The summed E-state index contributed by atoms with van der Waals surface area (Å²) in [5.74, 6) is 0. The summed E-state index contributed by atoms with van der Waals surface area (Å²) in [6.45, 7) is 2.92. The van der Waals surface area contributed by atoms with Crippen LogP contribution in [0.1, 0.15) is 12.5 Å². The number of rotatable bonds is 4. The van der Waals surface area contributed by atoms with Crippen molar-refractivity contribution in [2.24, 2.45) is 0 Å². The summed E-state index contributed by atoms with van der Waals surface area (Å²) in [7, 11) is 0. The molecule has 1 aromatic carbocycles. The normalized spacial score (nSPS) is 19.9. The van der Waals surface area contributed by atoms with Crippen molar-refractivity contribution in [1.82, 2.24) is 5.32 Å². The minimum absolute atomic E-state index is 0.0169. The molecule has 1 aromatic rings. The van der Waals surface area contributed by atoms with Crippen molar-refractivity contribution in [3.05, 3.63) is 35.9 Å². The maximum atomic E-state index is 11.4. The molecule has 2 unspecified atom stereocenters. The summed E-state index contributed by atoms with van der Waals surface area (Å²) in [6, 6.07) is 9.61. The Balaban J connectivity index is 1.71. The molecule has 86 valence electrons. The topological polar surface area (TPSA) is 50.9 Å². The van der Waals surface area contributed by atoms with Crippen molar-refractivity contribution in [2.45, 2.75) is 25.7 Å². The van der Waals surface area contributed by atoms with Crippen LogP contribution >= 0.6 is 0 Å². The van der Waals surface area contributed by atoms with Crippen LogP contribution < -0.4 is 5.32 Å². The summed E-state index contributed by atoms with van der Waals surface area (Å²) >= 11 is 0. The highest BCUT2D eigenvalue weighted by Gasteiger charge is 2.30. The molecule has 0 saturated carbocycles. The largest absolute Gasteiger partial charge is 0.445 e. The second-order valence-electron chi connectivity index (χ2n) is 3.87. The molecular formula is C12H15NO3. The molecule has 2 atom stereocenters. The zero-order chi connectivity index (χ0) is 11.4. The molecule has 0 radical (unpaired) electrons. The van der Waals surface area contributed by atoms with Crippen molar-refractivity contribution < 1.29 is 14.3 Å². The number of hydrogen-bond acceptors (Lipinski definition) is 3. The van der Waals surface area contributed by atoms with E-state index in [9.17, 15) is 4.79 Å². The van der Waals surface area contributed by atoms with Gasteiger partial charge in [-0.2, -0.15) is 0 Å². The molecule has 1 fully saturated rings. The number of hydrogen-bond donors (Lipinski definition) is 1. The van der Waals surface area contributed by atoms with Crippen LogP contribution in [-0.2, 0) is 16.1 Å². The van der Waals surface area contributed by atoms with E-state index in [4.69, 9.17) is 9.47 Å². The fraction of sp³-hybridized carbons (Fsp3) is 0.417. The molecular weight excluding hydrogens is 206 g/mol. The number of amides is 1. The Hall–Kier alpha value is -1.55. The van der Waals surface area contributed by atoms with Crippen molar-refractivity contribution in [2.75, 3.05) is 6.61 Å². The Bertz CT molecular complexity index is 349. The van der Waals surface area contributed by atoms with E-state index < -0.39 is 6.09 Å². The van der Waals surface area contributed by atoms with Gasteiger partial charge in [0.2, 0.25) is 0 Å². The van der Waals surface area contributed by atoms with Gasteiger partial charge in [0.15, 0.2) is 0 Å². The van der Waals surface area contributed by atoms with Crippen molar-refractivity contribution >= 4 is 6.09 Å². The van der Waals surface area contributed by atoms with Gasteiger partial charge in [0, 0.05) is 0 Å².